The van der Waals surface area contributed by atoms with Crippen molar-refractivity contribution in [1.29, 1.82) is 0 Å². The van der Waals surface area contributed by atoms with Gasteiger partial charge in [0, 0.05) is 35.6 Å². The first-order valence-electron chi connectivity index (χ1n) is 13.0. The van der Waals surface area contributed by atoms with Crippen LogP contribution in [0.25, 0.3) is 11.3 Å². The maximum atomic E-state index is 13.1. The molecule has 0 saturated carbocycles. The molecule has 11 heteroatoms. The van der Waals surface area contributed by atoms with Crippen molar-refractivity contribution >= 4 is 40.4 Å². The summed E-state index contributed by atoms with van der Waals surface area (Å²) < 4.78 is 31.7. The lowest BCUT2D eigenvalue weighted by Gasteiger charge is -2.15. The Morgan fingerprint density at radius 2 is 1.35 bits per heavy atom. The zero-order valence-electron chi connectivity index (χ0n) is 22.6. The summed E-state index contributed by atoms with van der Waals surface area (Å²) in [5.41, 5.74) is 12.4. The number of benzene rings is 4. The summed E-state index contributed by atoms with van der Waals surface area (Å²) in [4.78, 5) is 33.6. The van der Waals surface area contributed by atoms with Gasteiger partial charge in [0.15, 0.2) is 0 Å². The Hall–Kier alpha value is -5.42. The number of primary amides is 1. The molecule has 0 radical (unpaired) electrons. The molecule has 0 unspecified atom stereocenters. The zero-order valence-corrected chi connectivity index (χ0v) is 22.6. The number of alkyl halides is 3. The lowest BCUT2D eigenvalue weighted by Crippen LogP contribution is -2.21. The molecule has 0 aliphatic carbocycles. The number of hydrogen-bond donors (Lipinski definition) is 5. The fourth-order valence-electron chi connectivity index (χ4n) is 4.26. The van der Waals surface area contributed by atoms with E-state index in [1.807, 2.05) is 60.7 Å². The number of carbonyl (C=O) groups is 3. The monoisotopic (exact) mass is 588 g/mol. The fraction of sp³-hybridized carbons (Fsp3) is 0.0938. The Balaban J connectivity index is 0.000000541. The number of anilines is 2. The van der Waals surface area contributed by atoms with E-state index < -0.39 is 18.1 Å². The summed E-state index contributed by atoms with van der Waals surface area (Å²) in [7, 11) is 0. The largest absolute Gasteiger partial charge is 0.490 e. The Morgan fingerprint density at radius 1 is 0.791 bits per heavy atom. The van der Waals surface area contributed by atoms with Crippen molar-refractivity contribution in [2.75, 3.05) is 10.6 Å². The molecule has 1 heterocycles. The SMILES string of the molecule is NC(=O)c1ccc2c(c1)NC(=O)/C2=C(\Nc1ccc(CNCc2ccccc2)cc1)c1ccccc1.O=C(O)C(F)(F)F. The number of aliphatic carboxylic acids is 1. The molecular formula is C32H27F3N4O4. The fourth-order valence-corrected chi connectivity index (χ4v) is 4.26. The highest BCUT2D eigenvalue weighted by atomic mass is 19.4. The number of nitrogens with two attached hydrogens (primary N) is 1. The van der Waals surface area contributed by atoms with E-state index in [0.717, 1.165) is 35.5 Å². The Bertz CT molecular complexity index is 1640. The lowest BCUT2D eigenvalue weighted by atomic mass is 9.99. The Kier molecular flexibility index (Phi) is 9.58. The third kappa shape index (κ3) is 8.08. The highest BCUT2D eigenvalue weighted by molar-refractivity contribution is 6.37. The van der Waals surface area contributed by atoms with Gasteiger partial charge in [-0.2, -0.15) is 13.2 Å². The summed E-state index contributed by atoms with van der Waals surface area (Å²) in [5, 5.41) is 16.9. The molecule has 2 amide bonds. The van der Waals surface area contributed by atoms with Crippen molar-refractivity contribution in [2.24, 2.45) is 5.73 Å². The van der Waals surface area contributed by atoms with E-state index in [1.54, 1.807) is 18.2 Å². The van der Waals surface area contributed by atoms with E-state index in [0.29, 0.717) is 22.5 Å². The number of halogens is 3. The van der Waals surface area contributed by atoms with E-state index in [9.17, 15) is 22.8 Å². The number of nitrogens with one attached hydrogen (secondary N) is 3. The van der Waals surface area contributed by atoms with Gasteiger partial charge in [0.25, 0.3) is 5.91 Å². The maximum absolute atomic E-state index is 13.1. The molecule has 0 bridgehead atoms. The van der Waals surface area contributed by atoms with Crippen LogP contribution in [-0.2, 0) is 22.7 Å². The standard InChI is InChI=1S/C30H26N4O2.C2HF3O2/c31-29(35)23-13-16-25-26(17-23)34-30(36)27(25)28(22-9-5-2-6-10-22)33-24-14-11-21(12-15-24)19-32-18-20-7-3-1-4-8-20;3-2(4,5)1(6)7/h1-17,32-33H,18-19H2,(H2,31,35)(H,34,36);(H,6,7)/b28-27-;. The normalized spacial score (nSPS) is 13.2. The molecule has 43 heavy (non-hydrogen) atoms. The number of hydrogen-bond acceptors (Lipinski definition) is 5. The van der Waals surface area contributed by atoms with Crippen LogP contribution in [-0.4, -0.2) is 29.1 Å². The Labute approximate surface area is 245 Å². The summed E-state index contributed by atoms with van der Waals surface area (Å²) in [6, 6.07) is 33.2. The molecule has 0 atom stereocenters. The number of carbonyl (C=O) groups excluding carboxylic acids is 2. The second-order valence-corrected chi connectivity index (χ2v) is 9.41. The van der Waals surface area contributed by atoms with Gasteiger partial charge < -0.3 is 26.8 Å². The third-order valence-corrected chi connectivity index (χ3v) is 6.33. The van der Waals surface area contributed by atoms with E-state index in [4.69, 9.17) is 15.6 Å². The summed E-state index contributed by atoms with van der Waals surface area (Å²) in [6.45, 7) is 1.55. The quantitative estimate of drug-likeness (QED) is 0.169. The molecule has 0 fully saturated rings. The first kappa shape index (κ1) is 30.5. The van der Waals surface area contributed by atoms with Crippen LogP contribution >= 0.6 is 0 Å². The minimum atomic E-state index is -5.08. The Morgan fingerprint density at radius 3 is 1.91 bits per heavy atom. The van der Waals surface area contributed by atoms with Crippen LogP contribution in [0.4, 0.5) is 24.5 Å². The van der Waals surface area contributed by atoms with Gasteiger partial charge in [-0.25, -0.2) is 4.79 Å². The van der Waals surface area contributed by atoms with Crippen LogP contribution in [0.15, 0.2) is 103 Å². The topological polar surface area (TPSA) is 134 Å². The van der Waals surface area contributed by atoms with Crippen molar-refractivity contribution in [1.82, 2.24) is 5.32 Å². The van der Waals surface area contributed by atoms with Gasteiger partial charge in [-0.15, -0.1) is 0 Å². The van der Waals surface area contributed by atoms with E-state index in [-0.39, 0.29) is 5.91 Å². The van der Waals surface area contributed by atoms with Gasteiger partial charge in [0.1, 0.15) is 0 Å². The minimum Gasteiger partial charge on any atom is -0.475 e. The average molecular weight is 589 g/mol. The highest BCUT2D eigenvalue weighted by Crippen LogP contribution is 2.38. The number of fused-ring (bicyclic) bond motifs is 1. The van der Waals surface area contributed by atoms with Crippen molar-refractivity contribution in [2.45, 2.75) is 19.3 Å². The molecule has 8 nitrogen and oxygen atoms in total. The molecule has 0 saturated heterocycles. The van der Waals surface area contributed by atoms with Crippen LogP contribution in [0.1, 0.15) is 32.6 Å². The molecule has 6 N–H and O–H groups in total. The molecule has 5 rings (SSSR count). The zero-order chi connectivity index (χ0) is 31.0. The highest BCUT2D eigenvalue weighted by Gasteiger charge is 2.38. The maximum Gasteiger partial charge on any atom is 0.490 e. The van der Waals surface area contributed by atoms with E-state index >= 15 is 0 Å². The number of amides is 2. The molecule has 1 aliphatic heterocycles. The predicted octanol–water partition coefficient (Wildman–Crippen LogP) is 5.64. The molecule has 0 aromatic heterocycles. The van der Waals surface area contributed by atoms with Crippen LogP contribution in [0.3, 0.4) is 0 Å². The van der Waals surface area contributed by atoms with Gasteiger partial charge in [-0.05, 0) is 41.0 Å². The van der Waals surface area contributed by atoms with Crippen molar-refractivity contribution in [3.05, 3.63) is 131 Å². The second-order valence-electron chi connectivity index (χ2n) is 9.41. The lowest BCUT2D eigenvalue weighted by molar-refractivity contribution is -0.192. The van der Waals surface area contributed by atoms with Crippen LogP contribution in [0.2, 0.25) is 0 Å². The third-order valence-electron chi connectivity index (χ3n) is 6.33. The van der Waals surface area contributed by atoms with E-state index in [1.165, 1.54) is 5.56 Å². The van der Waals surface area contributed by atoms with Crippen molar-refractivity contribution in [3.8, 4) is 0 Å². The first-order valence-corrected chi connectivity index (χ1v) is 13.0. The number of carboxylic acids is 1. The summed E-state index contributed by atoms with van der Waals surface area (Å²) in [6.07, 6.45) is -5.08. The average Bonchev–Trinajstić information content (AvgIpc) is 3.32. The van der Waals surface area contributed by atoms with Gasteiger partial charge >= 0.3 is 12.1 Å². The predicted molar refractivity (Wildman–Crippen MR) is 158 cm³/mol. The van der Waals surface area contributed by atoms with Gasteiger partial charge in [0.05, 0.1) is 11.3 Å². The first-order chi connectivity index (χ1) is 20.5. The number of rotatable bonds is 8. The molecule has 4 aromatic carbocycles. The van der Waals surface area contributed by atoms with Crippen molar-refractivity contribution in [3.63, 3.8) is 0 Å². The molecular weight excluding hydrogens is 561 g/mol. The van der Waals surface area contributed by atoms with Crippen LogP contribution < -0.4 is 21.7 Å². The van der Waals surface area contributed by atoms with Crippen molar-refractivity contribution < 1.29 is 32.7 Å². The van der Waals surface area contributed by atoms with Crippen LogP contribution in [0.5, 0.6) is 0 Å². The molecule has 220 valence electrons. The second kappa shape index (κ2) is 13.5. The molecule has 0 spiro atoms. The summed E-state index contributed by atoms with van der Waals surface area (Å²) >= 11 is 0. The molecule has 4 aromatic rings. The van der Waals surface area contributed by atoms with Gasteiger partial charge in [0.2, 0.25) is 5.91 Å². The smallest absolute Gasteiger partial charge is 0.475 e. The summed E-state index contributed by atoms with van der Waals surface area (Å²) in [5.74, 6) is -3.53. The molecule has 1 aliphatic rings. The van der Waals surface area contributed by atoms with Gasteiger partial charge in [-0.3, -0.25) is 9.59 Å². The van der Waals surface area contributed by atoms with E-state index in [2.05, 4.69) is 40.2 Å². The number of carboxylic acid groups (broad SMARTS) is 1. The van der Waals surface area contributed by atoms with Crippen LogP contribution in [0, 0.1) is 0 Å². The van der Waals surface area contributed by atoms with Gasteiger partial charge in [-0.1, -0.05) is 78.9 Å². The minimum absolute atomic E-state index is 0.236.